The molecule has 0 aliphatic carbocycles. The van der Waals surface area contributed by atoms with E-state index in [0.29, 0.717) is 11.7 Å². The van der Waals surface area contributed by atoms with Gasteiger partial charge in [-0.25, -0.2) is 4.98 Å². The third-order valence-electron chi connectivity index (χ3n) is 4.30. The highest BCUT2D eigenvalue weighted by Crippen LogP contribution is 2.24. The molecule has 1 N–H and O–H groups in total. The zero-order chi connectivity index (χ0) is 19.0. The molecule has 1 aromatic carbocycles. The van der Waals surface area contributed by atoms with Gasteiger partial charge in [0.05, 0.1) is 23.1 Å². The van der Waals surface area contributed by atoms with E-state index in [-0.39, 0.29) is 11.6 Å². The van der Waals surface area contributed by atoms with Crippen LogP contribution in [0.5, 0.6) is 0 Å². The van der Waals surface area contributed by atoms with Crippen molar-refractivity contribution in [3.63, 3.8) is 0 Å². The molecule has 8 heteroatoms. The molecule has 0 saturated carbocycles. The Morgan fingerprint density at radius 1 is 1.19 bits per heavy atom. The van der Waals surface area contributed by atoms with Crippen LogP contribution in [0.15, 0.2) is 53.3 Å². The highest BCUT2D eigenvalue weighted by atomic mass is 16.5. The van der Waals surface area contributed by atoms with Crippen molar-refractivity contribution in [1.29, 1.82) is 0 Å². The van der Waals surface area contributed by atoms with Gasteiger partial charge in [0.2, 0.25) is 5.95 Å². The number of rotatable bonds is 4. The van der Waals surface area contributed by atoms with Crippen LogP contribution in [0.2, 0.25) is 0 Å². The first kappa shape index (κ1) is 16.8. The van der Waals surface area contributed by atoms with E-state index in [1.54, 1.807) is 16.9 Å². The summed E-state index contributed by atoms with van der Waals surface area (Å²) in [6.07, 6.45) is 3.54. The molecule has 0 aliphatic heterocycles. The Morgan fingerprint density at radius 2 is 1.96 bits per heavy atom. The molecule has 3 heterocycles. The number of nitrogens with zero attached hydrogens (tertiary/aromatic N) is 5. The summed E-state index contributed by atoms with van der Waals surface area (Å²) in [4.78, 5) is 16.8. The number of amides is 1. The van der Waals surface area contributed by atoms with Crippen LogP contribution in [0.3, 0.4) is 0 Å². The lowest BCUT2D eigenvalue weighted by Crippen LogP contribution is -2.15. The largest absolute Gasteiger partial charge is 0.355 e. The quantitative estimate of drug-likeness (QED) is 0.602. The van der Waals surface area contributed by atoms with Gasteiger partial charge in [0.1, 0.15) is 0 Å². The minimum atomic E-state index is -0.389. The second-order valence-corrected chi connectivity index (χ2v) is 6.22. The third-order valence-corrected chi connectivity index (χ3v) is 4.30. The maximum Gasteiger partial charge on any atom is 0.280 e. The number of aromatic nitrogens is 5. The predicted molar refractivity (Wildman–Crippen MR) is 100 cm³/mol. The van der Waals surface area contributed by atoms with Crippen LogP contribution >= 0.6 is 0 Å². The second kappa shape index (κ2) is 6.56. The minimum absolute atomic E-state index is 0.178. The molecule has 0 spiro atoms. The van der Waals surface area contributed by atoms with Crippen molar-refractivity contribution in [3.8, 4) is 22.6 Å². The summed E-state index contributed by atoms with van der Waals surface area (Å²) in [5, 5.41) is 10.9. The number of anilines is 1. The maximum atomic E-state index is 12.5. The molecule has 0 fully saturated rings. The zero-order valence-electron chi connectivity index (χ0n) is 15.2. The van der Waals surface area contributed by atoms with E-state index in [2.05, 4.69) is 20.6 Å². The lowest BCUT2D eigenvalue weighted by Gasteiger charge is -2.06. The standard InChI is InChI=1S/C19H18N6O2/c1-12-14(11-24(2)22-12)17-9-15(23-27-17)18(26)21-19-20-10-16(25(19)3)13-7-5-4-6-8-13/h4-11H,1-3H3,(H,20,21,26). The van der Waals surface area contributed by atoms with Gasteiger partial charge in [0.25, 0.3) is 5.91 Å². The van der Waals surface area contributed by atoms with Gasteiger partial charge in [-0.3, -0.25) is 14.8 Å². The summed E-state index contributed by atoms with van der Waals surface area (Å²) in [5.41, 5.74) is 3.70. The first-order chi connectivity index (χ1) is 13.0. The number of imidazole rings is 1. The molecule has 4 rings (SSSR count). The summed E-state index contributed by atoms with van der Waals surface area (Å²) in [7, 11) is 3.67. The Hall–Kier alpha value is -3.68. The smallest absolute Gasteiger partial charge is 0.280 e. The highest BCUT2D eigenvalue weighted by Gasteiger charge is 2.18. The minimum Gasteiger partial charge on any atom is -0.355 e. The van der Waals surface area contributed by atoms with E-state index >= 15 is 0 Å². The molecule has 0 atom stereocenters. The molecular weight excluding hydrogens is 344 g/mol. The summed E-state index contributed by atoms with van der Waals surface area (Å²) >= 11 is 0. The molecule has 0 radical (unpaired) electrons. The van der Waals surface area contributed by atoms with E-state index < -0.39 is 0 Å². The van der Waals surface area contributed by atoms with Crippen LogP contribution in [0.4, 0.5) is 5.95 Å². The van der Waals surface area contributed by atoms with Crippen LogP contribution in [0.1, 0.15) is 16.2 Å². The Labute approximate surface area is 155 Å². The highest BCUT2D eigenvalue weighted by molar-refractivity contribution is 6.02. The number of benzene rings is 1. The Morgan fingerprint density at radius 3 is 2.67 bits per heavy atom. The maximum absolute atomic E-state index is 12.5. The van der Waals surface area contributed by atoms with Crippen LogP contribution in [-0.4, -0.2) is 30.4 Å². The summed E-state index contributed by atoms with van der Waals surface area (Å²) < 4.78 is 8.82. The Kier molecular flexibility index (Phi) is 4.08. The van der Waals surface area contributed by atoms with E-state index in [9.17, 15) is 4.79 Å². The third kappa shape index (κ3) is 3.12. The van der Waals surface area contributed by atoms with Crippen molar-refractivity contribution in [1.82, 2.24) is 24.5 Å². The van der Waals surface area contributed by atoms with Gasteiger partial charge in [-0.05, 0) is 12.5 Å². The van der Waals surface area contributed by atoms with Crippen LogP contribution < -0.4 is 5.32 Å². The summed E-state index contributed by atoms with van der Waals surface area (Å²) in [6.45, 7) is 1.87. The average molecular weight is 362 g/mol. The van der Waals surface area contributed by atoms with E-state index in [0.717, 1.165) is 22.5 Å². The number of carbonyl (C=O) groups is 1. The van der Waals surface area contributed by atoms with Crippen LogP contribution in [-0.2, 0) is 14.1 Å². The van der Waals surface area contributed by atoms with Gasteiger partial charge in [0.15, 0.2) is 11.5 Å². The molecule has 3 aromatic heterocycles. The van der Waals surface area contributed by atoms with Gasteiger partial charge in [-0.15, -0.1) is 0 Å². The fraction of sp³-hybridized carbons (Fsp3) is 0.158. The van der Waals surface area contributed by atoms with Crippen LogP contribution in [0, 0.1) is 6.92 Å². The zero-order valence-corrected chi connectivity index (χ0v) is 15.2. The summed E-state index contributed by atoms with van der Waals surface area (Å²) in [6, 6.07) is 11.4. The predicted octanol–water partition coefficient (Wildman–Crippen LogP) is 3.04. The molecule has 1 amide bonds. The van der Waals surface area contributed by atoms with E-state index in [1.807, 2.05) is 62.1 Å². The molecular formula is C19H18N6O2. The topological polar surface area (TPSA) is 90.8 Å². The Bertz CT molecular complexity index is 1110. The van der Waals surface area contributed by atoms with Gasteiger partial charge in [-0.2, -0.15) is 5.10 Å². The second-order valence-electron chi connectivity index (χ2n) is 6.22. The summed E-state index contributed by atoms with van der Waals surface area (Å²) in [5.74, 6) is 0.538. The molecule has 0 saturated heterocycles. The van der Waals surface area contributed by atoms with Gasteiger partial charge < -0.3 is 9.09 Å². The molecule has 27 heavy (non-hydrogen) atoms. The average Bonchev–Trinajstić information content (AvgIpc) is 3.36. The molecule has 136 valence electrons. The number of carbonyl (C=O) groups excluding carboxylic acids is 1. The fourth-order valence-corrected chi connectivity index (χ4v) is 2.92. The number of hydrogen-bond acceptors (Lipinski definition) is 5. The van der Waals surface area contributed by atoms with Crippen LogP contribution in [0.25, 0.3) is 22.6 Å². The SMILES string of the molecule is Cc1nn(C)cc1-c1cc(C(=O)Nc2ncc(-c3ccccc3)n2C)no1. The number of hydrogen-bond donors (Lipinski definition) is 1. The van der Waals surface area contributed by atoms with Crippen molar-refractivity contribution >= 4 is 11.9 Å². The lowest BCUT2D eigenvalue weighted by atomic mass is 10.2. The van der Waals surface area contributed by atoms with Crippen molar-refractivity contribution in [2.75, 3.05) is 5.32 Å². The van der Waals surface area contributed by atoms with Crippen molar-refractivity contribution < 1.29 is 9.32 Å². The van der Waals surface area contributed by atoms with Crippen molar-refractivity contribution in [2.24, 2.45) is 14.1 Å². The van der Waals surface area contributed by atoms with Gasteiger partial charge in [0, 0.05) is 26.4 Å². The Balaban J connectivity index is 1.55. The molecule has 0 bridgehead atoms. The molecule has 8 nitrogen and oxygen atoms in total. The lowest BCUT2D eigenvalue weighted by molar-refractivity contribution is 0.101. The van der Waals surface area contributed by atoms with E-state index in [1.165, 1.54) is 0 Å². The number of nitrogens with one attached hydrogen (secondary N) is 1. The van der Waals surface area contributed by atoms with Crippen molar-refractivity contribution in [3.05, 3.63) is 60.2 Å². The van der Waals surface area contributed by atoms with Crippen molar-refractivity contribution in [2.45, 2.75) is 6.92 Å². The monoisotopic (exact) mass is 362 g/mol. The van der Waals surface area contributed by atoms with E-state index in [4.69, 9.17) is 4.52 Å². The first-order valence-corrected chi connectivity index (χ1v) is 8.39. The molecule has 0 aliphatic rings. The molecule has 0 unspecified atom stereocenters. The first-order valence-electron chi connectivity index (χ1n) is 8.39. The van der Waals surface area contributed by atoms with Gasteiger partial charge in [-0.1, -0.05) is 35.5 Å². The fourth-order valence-electron chi connectivity index (χ4n) is 2.92. The normalized spacial score (nSPS) is 10.9. The van der Waals surface area contributed by atoms with Gasteiger partial charge >= 0.3 is 0 Å². The number of aryl methyl sites for hydroxylation is 2. The molecule has 4 aromatic rings.